The minimum atomic E-state index is 0.108. The molecule has 0 aliphatic heterocycles. The first-order chi connectivity index (χ1) is 9.15. The Bertz CT molecular complexity index is 438. The van der Waals surface area contributed by atoms with Crippen molar-refractivity contribution in [2.24, 2.45) is 0 Å². The highest BCUT2D eigenvalue weighted by molar-refractivity contribution is 5.93. The van der Waals surface area contributed by atoms with Crippen molar-refractivity contribution in [2.75, 3.05) is 21.3 Å². The van der Waals surface area contributed by atoms with Crippen molar-refractivity contribution in [2.45, 2.75) is 19.8 Å². The fourth-order valence-electron chi connectivity index (χ4n) is 1.72. The molecular formula is C15H20O4. The number of rotatable bonds is 7. The molecule has 0 bridgehead atoms. The van der Waals surface area contributed by atoms with Crippen LogP contribution in [0.1, 0.15) is 25.3 Å². The van der Waals surface area contributed by atoms with E-state index in [0.717, 1.165) is 12.0 Å². The predicted octanol–water partition coefficient (Wildman–Crippen LogP) is 3.09. The van der Waals surface area contributed by atoms with E-state index in [4.69, 9.17) is 14.2 Å². The van der Waals surface area contributed by atoms with Gasteiger partial charge in [0.05, 0.1) is 21.3 Å². The zero-order chi connectivity index (χ0) is 14.3. The summed E-state index contributed by atoms with van der Waals surface area (Å²) >= 11 is 0. The molecule has 1 aromatic carbocycles. The van der Waals surface area contributed by atoms with E-state index >= 15 is 0 Å². The van der Waals surface area contributed by atoms with E-state index < -0.39 is 0 Å². The van der Waals surface area contributed by atoms with Crippen LogP contribution in [0.3, 0.4) is 0 Å². The Morgan fingerprint density at radius 2 is 1.68 bits per heavy atom. The second-order valence-corrected chi connectivity index (χ2v) is 4.01. The summed E-state index contributed by atoms with van der Waals surface area (Å²) in [6.07, 6.45) is 4.73. The molecule has 0 atom stereocenters. The second kappa shape index (κ2) is 7.46. The number of ketones is 1. The minimum Gasteiger partial charge on any atom is -0.493 e. The van der Waals surface area contributed by atoms with Gasteiger partial charge in [0.25, 0.3) is 0 Å². The van der Waals surface area contributed by atoms with Crippen molar-refractivity contribution in [1.29, 1.82) is 0 Å². The maximum Gasteiger partial charge on any atom is 0.203 e. The molecule has 1 aromatic rings. The standard InChI is InChI=1S/C15H20O4/c1-5-6-12(16)8-7-11-9-13(17-2)15(19-4)14(10-11)18-3/h7-10H,5-6H2,1-4H3. The van der Waals surface area contributed by atoms with E-state index in [1.807, 2.05) is 6.92 Å². The number of benzene rings is 1. The lowest BCUT2D eigenvalue weighted by Crippen LogP contribution is -1.96. The highest BCUT2D eigenvalue weighted by Crippen LogP contribution is 2.38. The maximum absolute atomic E-state index is 11.5. The number of methoxy groups -OCH3 is 3. The van der Waals surface area contributed by atoms with Crippen molar-refractivity contribution < 1.29 is 19.0 Å². The molecule has 0 aliphatic carbocycles. The van der Waals surface area contributed by atoms with E-state index in [1.54, 1.807) is 45.6 Å². The lowest BCUT2D eigenvalue weighted by atomic mass is 10.1. The normalized spacial score (nSPS) is 10.5. The average molecular weight is 264 g/mol. The third kappa shape index (κ3) is 4.02. The predicted molar refractivity (Wildman–Crippen MR) is 75.0 cm³/mol. The minimum absolute atomic E-state index is 0.108. The molecule has 0 aliphatic rings. The van der Waals surface area contributed by atoms with Crippen LogP contribution >= 0.6 is 0 Å². The topological polar surface area (TPSA) is 44.8 Å². The van der Waals surface area contributed by atoms with Gasteiger partial charge >= 0.3 is 0 Å². The van der Waals surface area contributed by atoms with Gasteiger partial charge in [0.15, 0.2) is 17.3 Å². The molecule has 0 saturated carbocycles. The lowest BCUT2D eigenvalue weighted by molar-refractivity contribution is -0.114. The molecule has 0 N–H and O–H groups in total. The molecule has 0 unspecified atom stereocenters. The van der Waals surface area contributed by atoms with Crippen LogP contribution < -0.4 is 14.2 Å². The van der Waals surface area contributed by atoms with Crippen LogP contribution in [0.15, 0.2) is 18.2 Å². The van der Waals surface area contributed by atoms with Crippen LogP contribution in [0, 0.1) is 0 Å². The van der Waals surface area contributed by atoms with Gasteiger partial charge in [-0.3, -0.25) is 4.79 Å². The van der Waals surface area contributed by atoms with Crippen molar-refractivity contribution in [3.63, 3.8) is 0 Å². The smallest absolute Gasteiger partial charge is 0.203 e. The molecule has 104 valence electrons. The fraction of sp³-hybridized carbons (Fsp3) is 0.400. The number of carbonyl (C=O) groups is 1. The first-order valence-corrected chi connectivity index (χ1v) is 6.17. The molecule has 4 heteroatoms. The Labute approximate surface area is 114 Å². The SMILES string of the molecule is CCCC(=O)C=Cc1cc(OC)c(OC)c(OC)c1. The molecule has 0 saturated heterocycles. The van der Waals surface area contributed by atoms with Gasteiger partial charge < -0.3 is 14.2 Å². The summed E-state index contributed by atoms with van der Waals surface area (Å²) in [5.74, 6) is 1.80. The fourth-order valence-corrected chi connectivity index (χ4v) is 1.72. The summed E-state index contributed by atoms with van der Waals surface area (Å²) in [6.45, 7) is 1.98. The molecule has 1 rings (SSSR count). The molecule has 0 radical (unpaired) electrons. The van der Waals surface area contributed by atoms with E-state index in [0.29, 0.717) is 23.7 Å². The van der Waals surface area contributed by atoms with Gasteiger partial charge in [-0.2, -0.15) is 0 Å². The van der Waals surface area contributed by atoms with Gasteiger partial charge in [-0.25, -0.2) is 0 Å². The Hall–Kier alpha value is -1.97. The van der Waals surface area contributed by atoms with Crippen LogP contribution in [0.5, 0.6) is 17.2 Å². The van der Waals surface area contributed by atoms with E-state index in [1.165, 1.54) is 0 Å². The summed E-state index contributed by atoms with van der Waals surface area (Å²) in [5, 5.41) is 0. The van der Waals surface area contributed by atoms with Crippen LogP contribution in [-0.2, 0) is 4.79 Å². The zero-order valence-corrected chi connectivity index (χ0v) is 11.9. The van der Waals surface area contributed by atoms with Gasteiger partial charge in [0.2, 0.25) is 5.75 Å². The van der Waals surface area contributed by atoms with Crippen molar-refractivity contribution in [3.05, 3.63) is 23.8 Å². The van der Waals surface area contributed by atoms with Crippen molar-refractivity contribution in [1.82, 2.24) is 0 Å². The Morgan fingerprint density at radius 3 is 2.11 bits per heavy atom. The van der Waals surface area contributed by atoms with Crippen LogP contribution in [0.2, 0.25) is 0 Å². The summed E-state index contributed by atoms with van der Waals surface area (Å²) in [6, 6.07) is 3.61. The number of allylic oxidation sites excluding steroid dienone is 1. The molecule has 4 nitrogen and oxygen atoms in total. The van der Waals surface area contributed by atoms with Gasteiger partial charge in [0.1, 0.15) is 0 Å². The third-order valence-electron chi connectivity index (χ3n) is 2.65. The summed E-state index contributed by atoms with van der Waals surface area (Å²) in [7, 11) is 4.68. The monoisotopic (exact) mass is 264 g/mol. The van der Waals surface area contributed by atoms with Gasteiger partial charge in [-0.1, -0.05) is 13.0 Å². The zero-order valence-electron chi connectivity index (χ0n) is 11.9. The number of carbonyl (C=O) groups excluding carboxylic acids is 1. The molecule has 0 aromatic heterocycles. The maximum atomic E-state index is 11.5. The van der Waals surface area contributed by atoms with Crippen molar-refractivity contribution in [3.8, 4) is 17.2 Å². The Balaban J connectivity index is 3.06. The quantitative estimate of drug-likeness (QED) is 0.710. The molecule has 0 spiro atoms. The summed E-state index contributed by atoms with van der Waals surface area (Å²) in [5.41, 5.74) is 0.832. The Kier molecular flexibility index (Phi) is 5.93. The van der Waals surface area contributed by atoms with E-state index in [-0.39, 0.29) is 5.78 Å². The van der Waals surface area contributed by atoms with Gasteiger partial charge in [-0.05, 0) is 30.2 Å². The van der Waals surface area contributed by atoms with Gasteiger partial charge in [0, 0.05) is 6.42 Å². The molecule has 19 heavy (non-hydrogen) atoms. The molecule has 0 heterocycles. The Morgan fingerprint density at radius 1 is 1.11 bits per heavy atom. The second-order valence-electron chi connectivity index (χ2n) is 4.01. The van der Waals surface area contributed by atoms with Crippen molar-refractivity contribution >= 4 is 11.9 Å². The van der Waals surface area contributed by atoms with E-state index in [2.05, 4.69) is 0 Å². The number of hydrogen-bond acceptors (Lipinski definition) is 4. The van der Waals surface area contributed by atoms with Crippen LogP contribution in [0.25, 0.3) is 6.08 Å². The number of hydrogen-bond donors (Lipinski definition) is 0. The van der Waals surface area contributed by atoms with E-state index in [9.17, 15) is 4.79 Å². The molecule has 0 fully saturated rings. The average Bonchev–Trinajstić information content (AvgIpc) is 2.44. The largest absolute Gasteiger partial charge is 0.493 e. The summed E-state index contributed by atoms with van der Waals surface area (Å²) in [4.78, 5) is 11.5. The lowest BCUT2D eigenvalue weighted by Gasteiger charge is -2.12. The van der Waals surface area contributed by atoms with Crippen LogP contribution in [-0.4, -0.2) is 27.1 Å². The third-order valence-corrected chi connectivity index (χ3v) is 2.65. The first-order valence-electron chi connectivity index (χ1n) is 6.17. The van der Waals surface area contributed by atoms with Crippen LogP contribution in [0.4, 0.5) is 0 Å². The number of ether oxygens (including phenoxy) is 3. The highest BCUT2D eigenvalue weighted by atomic mass is 16.5. The molecule has 0 amide bonds. The van der Waals surface area contributed by atoms with Gasteiger partial charge in [-0.15, -0.1) is 0 Å². The first kappa shape index (κ1) is 15.1. The molecular weight excluding hydrogens is 244 g/mol. The highest BCUT2D eigenvalue weighted by Gasteiger charge is 2.12. The summed E-state index contributed by atoms with van der Waals surface area (Å²) < 4.78 is 15.7.